The second-order valence-electron chi connectivity index (χ2n) is 7.63. The van der Waals surface area contributed by atoms with Gasteiger partial charge in [0.05, 0.1) is 13.1 Å². The molecular weight excluding hydrogens is 406 g/mol. The van der Waals surface area contributed by atoms with E-state index in [9.17, 15) is 14.4 Å². The number of anilines is 1. The number of nitrogens with zero attached hydrogens (tertiary/aromatic N) is 3. The van der Waals surface area contributed by atoms with E-state index >= 15 is 0 Å². The van der Waals surface area contributed by atoms with E-state index in [0.29, 0.717) is 31.6 Å². The molecule has 0 spiro atoms. The minimum Gasteiger partial charge on any atom is -0.350 e. The number of hydrogen-bond donors (Lipinski definition) is 2. The van der Waals surface area contributed by atoms with Crippen molar-refractivity contribution in [3.05, 3.63) is 83.7 Å². The number of hydrogen-bond acceptors (Lipinski definition) is 4. The molecule has 8 nitrogen and oxygen atoms in total. The van der Waals surface area contributed by atoms with Crippen molar-refractivity contribution in [1.29, 1.82) is 0 Å². The standard InChI is InChI=1S/C24H25N5O3/c30-22(25-15-19-5-1-2-6-20(19)17-28-13-4-12-27-28)16-26-24(32)18-8-10-21(11-9-18)29-14-3-7-23(29)31/h1-2,4-6,8-13H,3,7,14-17H2,(H,25,30)(H,26,32). The summed E-state index contributed by atoms with van der Waals surface area (Å²) in [5.41, 5.74) is 3.29. The summed E-state index contributed by atoms with van der Waals surface area (Å²) in [5.74, 6) is -0.505. The van der Waals surface area contributed by atoms with Crippen molar-refractivity contribution in [3.8, 4) is 0 Å². The third-order valence-electron chi connectivity index (χ3n) is 5.41. The van der Waals surface area contributed by atoms with Gasteiger partial charge < -0.3 is 15.5 Å². The maximum Gasteiger partial charge on any atom is 0.251 e. The Bertz CT molecular complexity index is 1090. The summed E-state index contributed by atoms with van der Waals surface area (Å²) in [5, 5.41) is 9.71. The molecule has 1 aliphatic heterocycles. The molecule has 2 heterocycles. The lowest BCUT2D eigenvalue weighted by Gasteiger charge is -2.15. The number of carbonyl (C=O) groups excluding carboxylic acids is 3. The van der Waals surface area contributed by atoms with Gasteiger partial charge in [-0.05, 0) is 47.9 Å². The third kappa shape index (κ3) is 5.21. The van der Waals surface area contributed by atoms with Crippen LogP contribution in [0.3, 0.4) is 0 Å². The molecule has 1 aromatic heterocycles. The normalized spacial score (nSPS) is 13.2. The molecule has 0 saturated carbocycles. The van der Waals surface area contributed by atoms with Gasteiger partial charge in [0.1, 0.15) is 0 Å². The van der Waals surface area contributed by atoms with Crippen LogP contribution in [0.25, 0.3) is 0 Å². The van der Waals surface area contributed by atoms with Crippen LogP contribution in [0.15, 0.2) is 67.0 Å². The van der Waals surface area contributed by atoms with Crippen LogP contribution in [0.4, 0.5) is 5.69 Å². The van der Waals surface area contributed by atoms with Crippen LogP contribution >= 0.6 is 0 Å². The number of carbonyl (C=O) groups is 3. The molecule has 0 unspecified atom stereocenters. The van der Waals surface area contributed by atoms with E-state index in [1.807, 2.05) is 41.2 Å². The van der Waals surface area contributed by atoms with Crippen molar-refractivity contribution >= 4 is 23.4 Å². The quantitative estimate of drug-likeness (QED) is 0.571. The molecule has 1 saturated heterocycles. The van der Waals surface area contributed by atoms with Crippen LogP contribution < -0.4 is 15.5 Å². The van der Waals surface area contributed by atoms with Crippen LogP contribution in [0, 0.1) is 0 Å². The van der Waals surface area contributed by atoms with E-state index in [2.05, 4.69) is 15.7 Å². The molecule has 3 amide bonds. The zero-order chi connectivity index (χ0) is 22.3. The van der Waals surface area contributed by atoms with Crippen molar-refractivity contribution < 1.29 is 14.4 Å². The molecular formula is C24H25N5O3. The average molecular weight is 431 g/mol. The summed E-state index contributed by atoms with van der Waals surface area (Å²) in [6, 6.07) is 16.6. The fourth-order valence-electron chi connectivity index (χ4n) is 3.69. The van der Waals surface area contributed by atoms with Crippen molar-refractivity contribution in [2.75, 3.05) is 18.0 Å². The summed E-state index contributed by atoms with van der Waals surface area (Å²) < 4.78 is 1.83. The van der Waals surface area contributed by atoms with E-state index in [4.69, 9.17) is 0 Å². The van der Waals surface area contributed by atoms with Crippen molar-refractivity contribution in [1.82, 2.24) is 20.4 Å². The van der Waals surface area contributed by atoms with E-state index < -0.39 is 0 Å². The number of amides is 3. The second kappa shape index (κ2) is 9.91. The summed E-state index contributed by atoms with van der Waals surface area (Å²) >= 11 is 0. The number of aromatic nitrogens is 2. The molecule has 1 aliphatic rings. The van der Waals surface area contributed by atoms with Crippen LogP contribution in [-0.4, -0.2) is 40.6 Å². The average Bonchev–Trinajstić information content (AvgIpc) is 3.48. The van der Waals surface area contributed by atoms with Gasteiger partial charge in [0.15, 0.2) is 0 Å². The highest BCUT2D eigenvalue weighted by atomic mass is 16.2. The second-order valence-corrected chi connectivity index (χ2v) is 7.63. The lowest BCUT2D eigenvalue weighted by Crippen LogP contribution is -2.36. The highest BCUT2D eigenvalue weighted by molar-refractivity contribution is 5.98. The largest absolute Gasteiger partial charge is 0.350 e. The minimum atomic E-state index is -0.335. The predicted octanol–water partition coefficient (Wildman–Crippen LogP) is 2.10. The molecule has 4 rings (SSSR count). The molecule has 2 N–H and O–H groups in total. The predicted molar refractivity (Wildman–Crippen MR) is 120 cm³/mol. The highest BCUT2D eigenvalue weighted by Crippen LogP contribution is 2.21. The summed E-state index contributed by atoms with van der Waals surface area (Å²) in [4.78, 5) is 38.2. The molecule has 0 atom stereocenters. The maximum absolute atomic E-state index is 12.4. The smallest absolute Gasteiger partial charge is 0.251 e. The first-order chi connectivity index (χ1) is 15.6. The molecule has 0 bridgehead atoms. The van der Waals surface area contributed by atoms with Gasteiger partial charge >= 0.3 is 0 Å². The van der Waals surface area contributed by atoms with Gasteiger partial charge in [0, 0.05) is 43.2 Å². The Morgan fingerprint density at radius 2 is 1.75 bits per heavy atom. The SMILES string of the molecule is O=C(CNC(=O)c1ccc(N2CCCC2=O)cc1)NCc1ccccc1Cn1cccn1. The van der Waals surface area contributed by atoms with Gasteiger partial charge in [-0.3, -0.25) is 19.1 Å². The Hall–Kier alpha value is -3.94. The van der Waals surface area contributed by atoms with E-state index in [1.54, 1.807) is 35.4 Å². The Morgan fingerprint density at radius 1 is 0.969 bits per heavy atom. The molecule has 3 aromatic rings. The Kier molecular flexibility index (Phi) is 6.60. The molecule has 32 heavy (non-hydrogen) atoms. The first-order valence-electron chi connectivity index (χ1n) is 10.6. The van der Waals surface area contributed by atoms with Gasteiger partial charge in [-0.2, -0.15) is 5.10 Å². The van der Waals surface area contributed by atoms with Gasteiger partial charge in [-0.1, -0.05) is 24.3 Å². The molecule has 2 aromatic carbocycles. The minimum absolute atomic E-state index is 0.102. The lowest BCUT2D eigenvalue weighted by atomic mass is 10.1. The van der Waals surface area contributed by atoms with Crippen LogP contribution in [-0.2, 0) is 22.7 Å². The molecule has 1 fully saturated rings. The van der Waals surface area contributed by atoms with E-state index in [0.717, 1.165) is 23.2 Å². The fraction of sp³-hybridized carbons (Fsp3) is 0.250. The molecule has 164 valence electrons. The van der Waals surface area contributed by atoms with Gasteiger partial charge in [0.25, 0.3) is 5.91 Å². The number of nitrogens with one attached hydrogen (secondary N) is 2. The van der Waals surface area contributed by atoms with Crippen molar-refractivity contribution in [2.45, 2.75) is 25.9 Å². The third-order valence-corrected chi connectivity index (χ3v) is 5.41. The number of rotatable bonds is 8. The molecule has 0 aliphatic carbocycles. The lowest BCUT2D eigenvalue weighted by molar-refractivity contribution is -0.120. The molecule has 0 radical (unpaired) electrons. The van der Waals surface area contributed by atoms with E-state index in [1.165, 1.54) is 0 Å². The zero-order valence-corrected chi connectivity index (χ0v) is 17.7. The fourth-order valence-corrected chi connectivity index (χ4v) is 3.69. The molecule has 8 heteroatoms. The van der Waals surface area contributed by atoms with Gasteiger partial charge in [-0.15, -0.1) is 0 Å². The maximum atomic E-state index is 12.4. The highest BCUT2D eigenvalue weighted by Gasteiger charge is 2.21. The van der Waals surface area contributed by atoms with Gasteiger partial charge in [0.2, 0.25) is 11.8 Å². The summed E-state index contributed by atoms with van der Waals surface area (Å²) in [6.45, 7) is 1.57. The Morgan fingerprint density at radius 3 is 2.44 bits per heavy atom. The summed E-state index contributed by atoms with van der Waals surface area (Å²) in [6.07, 6.45) is 5.03. The monoisotopic (exact) mass is 431 g/mol. The zero-order valence-electron chi connectivity index (χ0n) is 17.7. The van der Waals surface area contributed by atoms with Crippen molar-refractivity contribution in [3.63, 3.8) is 0 Å². The first kappa shape index (κ1) is 21.3. The van der Waals surface area contributed by atoms with Gasteiger partial charge in [-0.25, -0.2) is 0 Å². The first-order valence-corrected chi connectivity index (χ1v) is 10.6. The number of benzene rings is 2. The topological polar surface area (TPSA) is 96.3 Å². The van der Waals surface area contributed by atoms with Crippen molar-refractivity contribution in [2.24, 2.45) is 0 Å². The summed E-state index contributed by atoms with van der Waals surface area (Å²) in [7, 11) is 0. The van der Waals surface area contributed by atoms with E-state index in [-0.39, 0.29) is 24.3 Å². The van der Waals surface area contributed by atoms with Crippen LogP contribution in [0.5, 0.6) is 0 Å². The van der Waals surface area contributed by atoms with Crippen LogP contribution in [0.2, 0.25) is 0 Å². The Balaban J connectivity index is 1.26. The Labute approximate surface area is 186 Å². The van der Waals surface area contributed by atoms with Crippen LogP contribution in [0.1, 0.15) is 34.3 Å².